The van der Waals surface area contributed by atoms with Gasteiger partial charge in [0.1, 0.15) is 0 Å². The highest BCUT2D eigenvalue weighted by Crippen LogP contribution is 1.82. The van der Waals surface area contributed by atoms with Crippen LogP contribution >= 0.6 is 24.6 Å². The van der Waals surface area contributed by atoms with Crippen LogP contribution in [-0.4, -0.2) is 37.2 Å². The minimum Gasteiger partial charge on any atom is -0.309 e. The molecule has 10 heavy (non-hydrogen) atoms. The molecular formula is C6H13ClN2S. The number of thiocarbonyl (C=S) groups is 1. The molecule has 0 spiro atoms. The minimum absolute atomic E-state index is 0. The van der Waals surface area contributed by atoms with Crippen molar-refractivity contribution in [3.63, 3.8) is 0 Å². The fraction of sp³-hybridized carbons (Fsp3) is 0.833. The zero-order valence-corrected chi connectivity index (χ0v) is 7.97. The van der Waals surface area contributed by atoms with Crippen LogP contribution in [0.25, 0.3) is 0 Å². The van der Waals surface area contributed by atoms with E-state index in [2.05, 4.69) is 27.3 Å². The largest absolute Gasteiger partial charge is 0.309 e. The molecule has 0 heterocycles. The Morgan fingerprint density at radius 2 is 2.10 bits per heavy atom. The lowest BCUT2D eigenvalue weighted by Crippen LogP contribution is -2.13. The van der Waals surface area contributed by atoms with Gasteiger partial charge in [0.25, 0.3) is 0 Å². The summed E-state index contributed by atoms with van der Waals surface area (Å²) in [6.07, 6.45) is 1.07. The monoisotopic (exact) mass is 180 g/mol. The third-order valence-corrected chi connectivity index (χ3v) is 1.07. The van der Waals surface area contributed by atoms with E-state index in [9.17, 15) is 0 Å². The van der Waals surface area contributed by atoms with Crippen LogP contribution in [0.1, 0.15) is 6.42 Å². The molecule has 0 fully saturated rings. The van der Waals surface area contributed by atoms with Gasteiger partial charge in [-0.3, -0.25) is 0 Å². The van der Waals surface area contributed by atoms with Gasteiger partial charge in [0, 0.05) is 0 Å². The summed E-state index contributed by atoms with van der Waals surface area (Å²) >= 11 is 4.40. The molecule has 60 valence electrons. The Morgan fingerprint density at radius 1 is 1.50 bits per heavy atom. The Hall–Kier alpha value is 0.0500. The average molecular weight is 181 g/mol. The van der Waals surface area contributed by atoms with Crippen LogP contribution < -0.4 is 0 Å². The summed E-state index contributed by atoms with van der Waals surface area (Å²) < 4.78 is 0. The zero-order chi connectivity index (χ0) is 7.11. The molecule has 0 N–H and O–H groups in total. The van der Waals surface area contributed by atoms with Crippen molar-refractivity contribution in [1.82, 2.24) is 4.90 Å². The highest BCUT2D eigenvalue weighted by Gasteiger charge is 1.86. The molecule has 4 heteroatoms. The van der Waals surface area contributed by atoms with Gasteiger partial charge in [0.2, 0.25) is 0 Å². The Kier molecular flexibility index (Phi) is 11.5. The van der Waals surface area contributed by atoms with Crippen LogP contribution in [0.5, 0.6) is 0 Å². The van der Waals surface area contributed by atoms with Crippen LogP contribution in [0, 0.1) is 0 Å². The van der Waals surface area contributed by atoms with E-state index in [1.54, 1.807) is 0 Å². The fourth-order valence-corrected chi connectivity index (χ4v) is 0.603. The molecule has 0 radical (unpaired) electrons. The van der Waals surface area contributed by atoms with Gasteiger partial charge < -0.3 is 4.90 Å². The van der Waals surface area contributed by atoms with Gasteiger partial charge in [-0.1, -0.05) is 0 Å². The number of nitrogens with zero attached hydrogens (tertiary/aromatic N) is 2. The quantitative estimate of drug-likeness (QED) is 0.370. The van der Waals surface area contributed by atoms with Crippen LogP contribution in [0.15, 0.2) is 4.99 Å². The second-order valence-electron chi connectivity index (χ2n) is 2.13. The maximum absolute atomic E-state index is 4.40. The van der Waals surface area contributed by atoms with Gasteiger partial charge in [0.15, 0.2) is 0 Å². The number of rotatable bonds is 4. The Morgan fingerprint density at radius 3 is 2.50 bits per heavy atom. The van der Waals surface area contributed by atoms with E-state index in [-0.39, 0.29) is 12.4 Å². The topological polar surface area (TPSA) is 15.6 Å². The second-order valence-corrected chi connectivity index (χ2v) is 2.31. The van der Waals surface area contributed by atoms with Gasteiger partial charge in [-0.2, -0.15) is 0 Å². The van der Waals surface area contributed by atoms with Crippen molar-refractivity contribution in [3.05, 3.63) is 0 Å². The van der Waals surface area contributed by atoms with Crippen molar-refractivity contribution in [3.8, 4) is 0 Å². The first kappa shape index (κ1) is 12.7. The lowest BCUT2D eigenvalue weighted by Gasteiger charge is -2.05. The standard InChI is InChI=1S/C6H12N2S.ClH/c1-8(2)5-3-4-7-6-9;/h3-5H2,1-2H3;1H. The van der Waals surface area contributed by atoms with Crippen molar-refractivity contribution in [2.24, 2.45) is 4.99 Å². The van der Waals surface area contributed by atoms with Gasteiger partial charge in [-0.05, 0) is 39.3 Å². The summed E-state index contributed by atoms with van der Waals surface area (Å²) in [7, 11) is 4.09. The Labute approximate surface area is 73.7 Å². The number of halogens is 1. The summed E-state index contributed by atoms with van der Waals surface area (Å²) in [5.74, 6) is 0. The summed E-state index contributed by atoms with van der Waals surface area (Å²) in [6, 6.07) is 0. The van der Waals surface area contributed by atoms with E-state index in [4.69, 9.17) is 0 Å². The third-order valence-electron chi connectivity index (χ3n) is 0.940. The number of aliphatic imine (C=N–C) groups is 1. The third kappa shape index (κ3) is 10.9. The number of hydrogen-bond donors (Lipinski definition) is 0. The van der Waals surface area contributed by atoms with Crippen LogP contribution in [0.4, 0.5) is 0 Å². The summed E-state index contributed by atoms with van der Waals surface area (Å²) in [5.41, 5.74) is 0. The zero-order valence-electron chi connectivity index (χ0n) is 6.33. The van der Waals surface area contributed by atoms with Crippen LogP contribution in [0.2, 0.25) is 0 Å². The molecule has 0 rings (SSSR count). The molecule has 0 unspecified atom stereocenters. The number of hydrogen-bond acceptors (Lipinski definition) is 3. The summed E-state index contributed by atoms with van der Waals surface area (Å²) in [6.45, 7) is 1.88. The van der Waals surface area contributed by atoms with Gasteiger partial charge in [0.05, 0.1) is 11.7 Å². The summed E-state index contributed by atoms with van der Waals surface area (Å²) in [5, 5.41) is 2.33. The van der Waals surface area contributed by atoms with Gasteiger partial charge >= 0.3 is 0 Å². The Bertz CT molecular complexity index is 110. The lowest BCUT2D eigenvalue weighted by molar-refractivity contribution is 0.403. The maximum atomic E-state index is 4.40. The van der Waals surface area contributed by atoms with Crippen molar-refractivity contribution >= 4 is 29.8 Å². The minimum atomic E-state index is 0. The first-order valence-electron chi connectivity index (χ1n) is 2.95. The van der Waals surface area contributed by atoms with E-state index in [0.717, 1.165) is 19.5 Å². The average Bonchev–Trinajstić information content (AvgIpc) is 1.80. The first-order valence-corrected chi connectivity index (χ1v) is 3.36. The van der Waals surface area contributed by atoms with Gasteiger partial charge in [-0.25, -0.2) is 4.99 Å². The molecule has 0 aromatic carbocycles. The number of isothiocyanates is 1. The molecule has 0 saturated carbocycles. The molecule has 0 amide bonds. The lowest BCUT2D eigenvalue weighted by atomic mass is 10.4. The normalized spacial score (nSPS) is 8.30. The molecule has 0 aliphatic carbocycles. The van der Waals surface area contributed by atoms with Crippen molar-refractivity contribution in [2.75, 3.05) is 27.2 Å². The molecule has 0 aliphatic heterocycles. The molecule has 2 nitrogen and oxygen atoms in total. The van der Waals surface area contributed by atoms with Crippen molar-refractivity contribution in [1.29, 1.82) is 0 Å². The maximum Gasteiger partial charge on any atom is 0.0584 e. The molecular weight excluding hydrogens is 168 g/mol. The van der Waals surface area contributed by atoms with Gasteiger partial charge in [-0.15, -0.1) is 12.4 Å². The van der Waals surface area contributed by atoms with Crippen LogP contribution in [0.3, 0.4) is 0 Å². The smallest absolute Gasteiger partial charge is 0.0584 e. The highest BCUT2D eigenvalue weighted by atomic mass is 35.5. The second kappa shape index (κ2) is 9.05. The van der Waals surface area contributed by atoms with Crippen LogP contribution in [-0.2, 0) is 0 Å². The van der Waals surface area contributed by atoms with Crippen molar-refractivity contribution < 1.29 is 0 Å². The molecule has 0 bridgehead atoms. The fourth-order valence-electron chi connectivity index (χ4n) is 0.512. The Balaban J connectivity index is 0. The SMILES string of the molecule is CN(C)CCCN=C=S.Cl. The predicted molar refractivity (Wildman–Crippen MR) is 50.3 cm³/mol. The van der Waals surface area contributed by atoms with Crippen molar-refractivity contribution in [2.45, 2.75) is 6.42 Å². The van der Waals surface area contributed by atoms with E-state index < -0.39 is 0 Å². The molecule has 0 aliphatic rings. The molecule has 0 atom stereocenters. The molecule has 0 aromatic heterocycles. The van der Waals surface area contributed by atoms with E-state index in [0.29, 0.717) is 0 Å². The predicted octanol–water partition coefficient (Wildman–Crippen LogP) is 1.46. The van der Waals surface area contributed by atoms with E-state index in [1.165, 1.54) is 0 Å². The van der Waals surface area contributed by atoms with E-state index in [1.807, 2.05) is 14.1 Å². The first-order chi connectivity index (χ1) is 4.27. The molecule has 0 saturated heterocycles. The summed E-state index contributed by atoms with van der Waals surface area (Å²) in [4.78, 5) is 5.91. The van der Waals surface area contributed by atoms with E-state index >= 15 is 0 Å². The molecule has 0 aromatic rings. The highest BCUT2D eigenvalue weighted by molar-refractivity contribution is 7.78.